The van der Waals surface area contributed by atoms with Gasteiger partial charge in [-0.3, -0.25) is 14.4 Å². The second-order valence-corrected chi connectivity index (χ2v) is 4.72. The minimum Gasteiger partial charge on any atom is -0.345 e. The maximum absolute atomic E-state index is 11.8. The van der Waals surface area contributed by atoms with Crippen LogP contribution in [0.25, 0.3) is 11.4 Å². The Labute approximate surface area is 134 Å². The van der Waals surface area contributed by atoms with Gasteiger partial charge >= 0.3 is 0 Å². The number of carbonyl (C=O) groups is 1. The predicted octanol–water partition coefficient (Wildman–Crippen LogP) is -0.702. The summed E-state index contributed by atoms with van der Waals surface area (Å²) in [6, 6.07) is 5.99. The van der Waals surface area contributed by atoms with Crippen LogP contribution in [0.1, 0.15) is 5.89 Å². The average Bonchev–Trinajstić information content (AvgIpc) is 3.04. The molecule has 0 bridgehead atoms. The maximum Gasteiger partial charge on any atom is 0.267 e. The summed E-state index contributed by atoms with van der Waals surface area (Å²) in [7, 11) is 0. The van der Waals surface area contributed by atoms with Crippen molar-refractivity contribution in [3.05, 3.63) is 63.3 Å². The summed E-state index contributed by atoms with van der Waals surface area (Å²) in [5, 5.41) is 10.0. The molecule has 3 heterocycles. The van der Waals surface area contributed by atoms with Crippen LogP contribution in [0.15, 0.2) is 50.8 Å². The van der Waals surface area contributed by atoms with Gasteiger partial charge in [-0.15, -0.1) is 0 Å². The molecule has 3 aromatic rings. The van der Waals surface area contributed by atoms with E-state index in [0.29, 0.717) is 0 Å². The number of nitrogens with zero attached hydrogens (tertiary/aromatic N) is 4. The Bertz CT molecular complexity index is 973. The SMILES string of the molecule is O=C(Cn1ncccc1=O)NCc1nc(-c2ccc[nH]c2=O)no1. The zero-order valence-corrected chi connectivity index (χ0v) is 12.3. The van der Waals surface area contributed by atoms with Crippen molar-refractivity contribution in [1.82, 2.24) is 30.2 Å². The second kappa shape index (κ2) is 6.69. The zero-order valence-electron chi connectivity index (χ0n) is 12.3. The third-order valence-corrected chi connectivity index (χ3v) is 3.04. The van der Waals surface area contributed by atoms with E-state index in [-0.39, 0.29) is 41.5 Å². The molecule has 2 N–H and O–H groups in total. The number of rotatable bonds is 5. The van der Waals surface area contributed by atoms with Gasteiger partial charge in [0.05, 0.1) is 12.1 Å². The van der Waals surface area contributed by atoms with Crippen molar-refractivity contribution in [1.29, 1.82) is 0 Å². The number of aromatic nitrogens is 5. The van der Waals surface area contributed by atoms with E-state index in [1.165, 1.54) is 24.5 Å². The Morgan fingerprint density at radius 1 is 1.29 bits per heavy atom. The molecule has 0 fully saturated rings. The number of H-pyrrole nitrogens is 1. The van der Waals surface area contributed by atoms with E-state index in [2.05, 4.69) is 25.5 Å². The Hall–Kier alpha value is -3.56. The lowest BCUT2D eigenvalue weighted by Crippen LogP contribution is -2.32. The van der Waals surface area contributed by atoms with Gasteiger partial charge < -0.3 is 14.8 Å². The summed E-state index contributed by atoms with van der Waals surface area (Å²) in [4.78, 5) is 41.5. The van der Waals surface area contributed by atoms with Crippen molar-refractivity contribution >= 4 is 5.91 Å². The fourth-order valence-electron chi connectivity index (χ4n) is 1.91. The first kappa shape index (κ1) is 15.3. The maximum atomic E-state index is 11.8. The van der Waals surface area contributed by atoms with Crippen LogP contribution in [0, 0.1) is 0 Å². The molecule has 10 heteroatoms. The Kier molecular flexibility index (Phi) is 4.27. The molecule has 0 atom stereocenters. The van der Waals surface area contributed by atoms with Crippen molar-refractivity contribution < 1.29 is 9.32 Å². The fraction of sp³-hybridized carbons (Fsp3) is 0.143. The van der Waals surface area contributed by atoms with Gasteiger partial charge in [0, 0.05) is 18.5 Å². The molecule has 0 aliphatic heterocycles. The standard InChI is InChI=1S/C14H12N6O4/c21-10(8-20-12(22)4-2-6-17-20)16-7-11-18-13(19-24-11)9-3-1-5-15-14(9)23/h1-6H,7-8H2,(H,15,23)(H,16,21). The Balaban J connectivity index is 1.63. The minimum atomic E-state index is -0.437. The van der Waals surface area contributed by atoms with E-state index < -0.39 is 5.91 Å². The summed E-state index contributed by atoms with van der Waals surface area (Å²) in [6.45, 7) is -0.253. The number of nitrogens with one attached hydrogen (secondary N) is 2. The van der Waals surface area contributed by atoms with E-state index in [0.717, 1.165) is 4.68 Å². The smallest absolute Gasteiger partial charge is 0.267 e. The highest BCUT2D eigenvalue weighted by Crippen LogP contribution is 2.09. The van der Waals surface area contributed by atoms with Crippen LogP contribution in [0.3, 0.4) is 0 Å². The minimum absolute atomic E-state index is 0.0296. The molecule has 0 saturated carbocycles. The molecule has 0 unspecified atom stereocenters. The Morgan fingerprint density at radius 2 is 2.17 bits per heavy atom. The van der Waals surface area contributed by atoms with Crippen LogP contribution in [-0.2, 0) is 17.9 Å². The largest absolute Gasteiger partial charge is 0.345 e. The molecule has 122 valence electrons. The van der Waals surface area contributed by atoms with Crippen molar-refractivity contribution in [2.75, 3.05) is 0 Å². The number of carbonyl (C=O) groups excluding carboxylic acids is 1. The van der Waals surface area contributed by atoms with Gasteiger partial charge in [0.25, 0.3) is 11.1 Å². The van der Waals surface area contributed by atoms with Crippen LogP contribution in [0.2, 0.25) is 0 Å². The van der Waals surface area contributed by atoms with Gasteiger partial charge in [0.15, 0.2) is 0 Å². The number of amides is 1. The lowest BCUT2D eigenvalue weighted by molar-refractivity contribution is -0.122. The third kappa shape index (κ3) is 3.43. The first-order valence-electron chi connectivity index (χ1n) is 6.93. The van der Waals surface area contributed by atoms with Crippen molar-refractivity contribution in [3.8, 4) is 11.4 Å². The number of hydrogen-bond donors (Lipinski definition) is 2. The molecule has 3 rings (SSSR count). The molecule has 24 heavy (non-hydrogen) atoms. The van der Waals surface area contributed by atoms with Crippen molar-refractivity contribution in [3.63, 3.8) is 0 Å². The first-order valence-corrected chi connectivity index (χ1v) is 6.93. The van der Waals surface area contributed by atoms with E-state index in [4.69, 9.17) is 4.52 Å². The molecule has 0 radical (unpaired) electrons. The lowest BCUT2D eigenvalue weighted by Gasteiger charge is -2.03. The lowest BCUT2D eigenvalue weighted by atomic mass is 10.3. The van der Waals surface area contributed by atoms with Gasteiger partial charge in [0.1, 0.15) is 6.54 Å². The highest BCUT2D eigenvalue weighted by atomic mass is 16.5. The number of hydrogen-bond acceptors (Lipinski definition) is 7. The molecule has 0 spiro atoms. The Morgan fingerprint density at radius 3 is 2.96 bits per heavy atom. The van der Waals surface area contributed by atoms with E-state index in [9.17, 15) is 14.4 Å². The molecular formula is C14H12N6O4. The van der Waals surface area contributed by atoms with Crippen LogP contribution >= 0.6 is 0 Å². The monoisotopic (exact) mass is 328 g/mol. The second-order valence-electron chi connectivity index (χ2n) is 4.72. The topological polar surface area (TPSA) is 136 Å². The highest BCUT2D eigenvalue weighted by molar-refractivity contribution is 5.75. The summed E-state index contributed by atoms with van der Waals surface area (Å²) < 4.78 is 6.01. The van der Waals surface area contributed by atoms with Crippen molar-refractivity contribution in [2.24, 2.45) is 0 Å². The molecule has 0 aliphatic rings. The fourth-order valence-corrected chi connectivity index (χ4v) is 1.91. The molecule has 3 aromatic heterocycles. The zero-order chi connectivity index (χ0) is 16.9. The van der Waals surface area contributed by atoms with Crippen LogP contribution in [-0.4, -0.2) is 30.8 Å². The molecule has 0 saturated heterocycles. The third-order valence-electron chi connectivity index (χ3n) is 3.04. The molecule has 0 aromatic carbocycles. The van der Waals surface area contributed by atoms with Gasteiger partial charge in [-0.05, 0) is 18.2 Å². The summed E-state index contributed by atoms with van der Waals surface area (Å²) >= 11 is 0. The van der Waals surface area contributed by atoms with Crippen LogP contribution < -0.4 is 16.4 Å². The number of aromatic amines is 1. The van der Waals surface area contributed by atoms with Crippen LogP contribution in [0.5, 0.6) is 0 Å². The van der Waals surface area contributed by atoms with E-state index >= 15 is 0 Å². The van der Waals surface area contributed by atoms with Crippen LogP contribution in [0.4, 0.5) is 0 Å². The normalized spacial score (nSPS) is 10.5. The highest BCUT2D eigenvalue weighted by Gasteiger charge is 2.12. The molecule has 0 aliphatic carbocycles. The molecular weight excluding hydrogens is 316 g/mol. The quantitative estimate of drug-likeness (QED) is 0.632. The summed E-state index contributed by atoms with van der Waals surface area (Å²) in [5.41, 5.74) is -0.460. The van der Waals surface area contributed by atoms with Gasteiger partial charge in [-0.25, -0.2) is 4.68 Å². The summed E-state index contributed by atoms with van der Waals surface area (Å²) in [6.07, 6.45) is 2.91. The van der Waals surface area contributed by atoms with Crippen molar-refractivity contribution in [2.45, 2.75) is 13.1 Å². The van der Waals surface area contributed by atoms with Gasteiger partial charge in [-0.2, -0.15) is 10.1 Å². The average molecular weight is 328 g/mol. The van der Waals surface area contributed by atoms with E-state index in [1.807, 2.05) is 0 Å². The van der Waals surface area contributed by atoms with Gasteiger partial charge in [0.2, 0.25) is 17.6 Å². The predicted molar refractivity (Wildman–Crippen MR) is 80.7 cm³/mol. The van der Waals surface area contributed by atoms with E-state index in [1.54, 1.807) is 12.1 Å². The molecule has 1 amide bonds. The molecule has 10 nitrogen and oxygen atoms in total. The number of pyridine rings is 1. The first-order chi connectivity index (χ1) is 11.6. The van der Waals surface area contributed by atoms with Gasteiger partial charge in [-0.1, -0.05) is 5.16 Å². The summed E-state index contributed by atoms with van der Waals surface area (Å²) in [5.74, 6) is -0.176.